The fourth-order valence-electron chi connectivity index (χ4n) is 1.90. The van der Waals surface area contributed by atoms with Gasteiger partial charge in [0.1, 0.15) is 0 Å². The second-order valence-electron chi connectivity index (χ2n) is 5.20. The van der Waals surface area contributed by atoms with Gasteiger partial charge in [-0.15, -0.1) is 0 Å². The summed E-state index contributed by atoms with van der Waals surface area (Å²) < 4.78 is 25.4. The highest BCUT2D eigenvalue weighted by Gasteiger charge is 2.10. The molecule has 5 nitrogen and oxygen atoms in total. The molecule has 0 unspecified atom stereocenters. The Balaban J connectivity index is 2.00. The zero-order valence-electron chi connectivity index (χ0n) is 12.6. The first-order chi connectivity index (χ1) is 9.92. The highest BCUT2D eigenvalue weighted by atomic mass is 32.2. The topological polar surface area (TPSA) is 64.0 Å². The Kier molecular flexibility index (Phi) is 4.67. The standard InChI is InChI=1S/C15H21N3O2S/c1-4-21(19,20)15-7-5-14(6-8-15)16-9-13-10-17-18(11-13)12(2)3/h5-8,10-12,16H,4,9H2,1-3H3. The van der Waals surface area contributed by atoms with E-state index in [-0.39, 0.29) is 5.75 Å². The largest absolute Gasteiger partial charge is 0.381 e. The molecule has 0 bridgehead atoms. The molecule has 1 N–H and O–H groups in total. The molecule has 21 heavy (non-hydrogen) atoms. The molecular weight excluding hydrogens is 286 g/mol. The van der Waals surface area contributed by atoms with Gasteiger partial charge >= 0.3 is 0 Å². The molecule has 2 aromatic rings. The van der Waals surface area contributed by atoms with Crippen LogP contribution in [0.5, 0.6) is 0 Å². The predicted molar refractivity (Wildman–Crippen MR) is 84.1 cm³/mol. The van der Waals surface area contributed by atoms with Crippen molar-refractivity contribution in [2.75, 3.05) is 11.1 Å². The molecule has 0 fully saturated rings. The molecule has 1 heterocycles. The molecule has 6 heteroatoms. The van der Waals surface area contributed by atoms with Gasteiger partial charge in [-0.1, -0.05) is 6.92 Å². The fourth-order valence-corrected chi connectivity index (χ4v) is 2.79. The molecule has 0 saturated carbocycles. The van der Waals surface area contributed by atoms with Crippen LogP contribution in [0.15, 0.2) is 41.6 Å². The first kappa shape index (κ1) is 15.6. The smallest absolute Gasteiger partial charge is 0.178 e. The second-order valence-corrected chi connectivity index (χ2v) is 7.48. The predicted octanol–water partition coefficient (Wildman–Crippen LogP) is 2.87. The first-order valence-electron chi connectivity index (χ1n) is 7.02. The molecule has 0 spiro atoms. The molecule has 0 aliphatic rings. The van der Waals surface area contributed by atoms with Crippen molar-refractivity contribution in [1.29, 1.82) is 0 Å². The Morgan fingerprint density at radius 1 is 1.24 bits per heavy atom. The number of sulfone groups is 1. The van der Waals surface area contributed by atoms with Crippen LogP contribution < -0.4 is 5.32 Å². The van der Waals surface area contributed by atoms with Crippen LogP contribution >= 0.6 is 0 Å². The third kappa shape index (κ3) is 3.85. The quantitative estimate of drug-likeness (QED) is 0.891. The molecule has 0 aliphatic carbocycles. The number of nitrogens with one attached hydrogen (secondary N) is 1. The molecule has 0 amide bonds. The summed E-state index contributed by atoms with van der Waals surface area (Å²) in [5, 5.41) is 7.54. The van der Waals surface area contributed by atoms with Gasteiger partial charge in [-0.05, 0) is 38.1 Å². The maximum Gasteiger partial charge on any atom is 0.178 e. The Bertz CT molecular complexity index is 688. The second kappa shape index (κ2) is 6.30. The Hall–Kier alpha value is -1.82. The third-order valence-corrected chi connectivity index (χ3v) is 5.02. The lowest BCUT2D eigenvalue weighted by atomic mass is 10.3. The lowest BCUT2D eigenvalue weighted by molar-refractivity contribution is 0.532. The molecule has 1 aromatic heterocycles. The van der Waals surface area contributed by atoms with E-state index >= 15 is 0 Å². The van der Waals surface area contributed by atoms with Crippen LogP contribution in [0.4, 0.5) is 5.69 Å². The van der Waals surface area contributed by atoms with E-state index in [9.17, 15) is 8.42 Å². The van der Waals surface area contributed by atoms with Crippen molar-refractivity contribution in [3.63, 3.8) is 0 Å². The molecule has 2 rings (SSSR count). The van der Waals surface area contributed by atoms with Gasteiger partial charge in [0.15, 0.2) is 9.84 Å². The van der Waals surface area contributed by atoms with Gasteiger partial charge in [-0.25, -0.2) is 8.42 Å². The van der Waals surface area contributed by atoms with Crippen LogP contribution in [0.2, 0.25) is 0 Å². The molecule has 0 radical (unpaired) electrons. The van der Waals surface area contributed by atoms with E-state index in [1.165, 1.54) is 0 Å². The van der Waals surface area contributed by atoms with Crippen LogP contribution in [0.1, 0.15) is 32.4 Å². The van der Waals surface area contributed by atoms with Gasteiger partial charge in [-0.2, -0.15) is 5.10 Å². The van der Waals surface area contributed by atoms with E-state index in [4.69, 9.17) is 0 Å². The van der Waals surface area contributed by atoms with Crippen molar-refractivity contribution in [2.45, 2.75) is 38.3 Å². The summed E-state index contributed by atoms with van der Waals surface area (Å²) in [6, 6.07) is 7.19. The Morgan fingerprint density at radius 3 is 2.43 bits per heavy atom. The van der Waals surface area contributed by atoms with Crippen molar-refractivity contribution in [3.05, 3.63) is 42.2 Å². The van der Waals surface area contributed by atoms with Gasteiger partial charge in [0, 0.05) is 30.0 Å². The highest BCUT2D eigenvalue weighted by molar-refractivity contribution is 7.91. The Labute approximate surface area is 125 Å². The van der Waals surface area contributed by atoms with Crippen molar-refractivity contribution in [1.82, 2.24) is 9.78 Å². The summed E-state index contributed by atoms with van der Waals surface area (Å²) in [4.78, 5) is 0.364. The van der Waals surface area contributed by atoms with Gasteiger partial charge < -0.3 is 5.32 Å². The maximum absolute atomic E-state index is 11.7. The van der Waals surface area contributed by atoms with E-state index in [2.05, 4.69) is 24.3 Å². The van der Waals surface area contributed by atoms with Crippen molar-refractivity contribution in [2.24, 2.45) is 0 Å². The van der Waals surface area contributed by atoms with Gasteiger partial charge in [0.05, 0.1) is 16.8 Å². The number of rotatable bonds is 6. The minimum atomic E-state index is -3.13. The number of benzene rings is 1. The molecule has 114 valence electrons. The Morgan fingerprint density at radius 2 is 1.90 bits per heavy atom. The van der Waals surface area contributed by atoms with Gasteiger partial charge in [0.25, 0.3) is 0 Å². The molecule has 0 aliphatic heterocycles. The maximum atomic E-state index is 11.7. The average Bonchev–Trinajstić information content (AvgIpc) is 2.95. The minimum Gasteiger partial charge on any atom is -0.381 e. The van der Waals surface area contributed by atoms with Crippen LogP contribution in [0, 0.1) is 0 Å². The van der Waals surface area contributed by atoms with Gasteiger partial charge in [0.2, 0.25) is 0 Å². The monoisotopic (exact) mass is 307 g/mol. The SMILES string of the molecule is CCS(=O)(=O)c1ccc(NCc2cnn(C(C)C)c2)cc1. The fraction of sp³-hybridized carbons (Fsp3) is 0.400. The number of nitrogens with zero attached hydrogens (tertiary/aromatic N) is 2. The number of anilines is 1. The van der Waals surface area contributed by atoms with Crippen LogP contribution in [-0.4, -0.2) is 24.0 Å². The van der Waals surface area contributed by atoms with E-state index < -0.39 is 9.84 Å². The van der Waals surface area contributed by atoms with Gasteiger partial charge in [-0.3, -0.25) is 4.68 Å². The van der Waals surface area contributed by atoms with Crippen molar-refractivity contribution in [3.8, 4) is 0 Å². The van der Waals surface area contributed by atoms with Crippen LogP contribution in [0.3, 0.4) is 0 Å². The number of hydrogen-bond acceptors (Lipinski definition) is 4. The molecule has 0 atom stereocenters. The number of aromatic nitrogens is 2. The first-order valence-corrected chi connectivity index (χ1v) is 8.67. The van der Waals surface area contributed by atoms with Crippen molar-refractivity contribution < 1.29 is 8.42 Å². The zero-order valence-corrected chi connectivity index (χ0v) is 13.4. The summed E-state index contributed by atoms with van der Waals surface area (Å²) in [5.74, 6) is 0.119. The van der Waals surface area contributed by atoms with E-state index in [0.29, 0.717) is 17.5 Å². The summed E-state index contributed by atoms with van der Waals surface area (Å²) in [7, 11) is -3.13. The lowest BCUT2D eigenvalue weighted by Gasteiger charge is -2.07. The lowest BCUT2D eigenvalue weighted by Crippen LogP contribution is -2.04. The molecular formula is C15H21N3O2S. The summed E-state index contributed by atoms with van der Waals surface area (Å²) in [6.45, 7) is 6.47. The zero-order chi connectivity index (χ0) is 15.5. The summed E-state index contributed by atoms with van der Waals surface area (Å²) in [6.07, 6.45) is 3.84. The number of hydrogen-bond donors (Lipinski definition) is 1. The van der Waals surface area contributed by atoms with Crippen LogP contribution in [-0.2, 0) is 16.4 Å². The minimum absolute atomic E-state index is 0.119. The van der Waals surface area contributed by atoms with E-state index in [1.54, 1.807) is 31.2 Å². The molecule has 1 aromatic carbocycles. The summed E-state index contributed by atoms with van der Waals surface area (Å²) in [5.41, 5.74) is 1.98. The third-order valence-electron chi connectivity index (χ3n) is 3.27. The van der Waals surface area contributed by atoms with E-state index in [1.807, 2.05) is 17.1 Å². The normalized spacial score (nSPS) is 11.8. The van der Waals surface area contributed by atoms with E-state index in [0.717, 1.165) is 11.3 Å². The highest BCUT2D eigenvalue weighted by Crippen LogP contribution is 2.16. The van der Waals surface area contributed by atoms with Crippen LogP contribution in [0.25, 0.3) is 0 Å². The molecule has 0 saturated heterocycles. The average molecular weight is 307 g/mol. The summed E-state index contributed by atoms with van der Waals surface area (Å²) >= 11 is 0. The van der Waals surface area contributed by atoms with Crippen molar-refractivity contribution >= 4 is 15.5 Å².